The number of hydrogen-bond acceptors (Lipinski definition) is 4. The first-order valence-corrected chi connectivity index (χ1v) is 5.21. The summed E-state index contributed by atoms with van der Waals surface area (Å²) in [5, 5.41) is 8.92. The van der Waals surface area contributed by atoms with E-state index in [4.69, 9.17) is 5.11 Å². The summed E-state index contributed by atoms with van der Waals surface area (Å²) in [6.07, 6.45) is 0.930. The van der Waals surface area contributed by atoms with Crippen LogP contribution in [0.1, 0.15) is 27.1 Å². The molecule has 0 saturated carbocycles. The summed E-state index contributed by atoms with van der Waals surface area (Å²) >= 11 is 0. The molecule has 94 valence electrons. The highest BCUT2D eigenvalue weighted by atomic mass is 16.5. The van der Waals surface area contributed by atoms with Gasteiger partial charge in [0.1, 0.15) is 0 Å². The van der Waals surface area contributed by atoms with Crippen molar-refractivity contribution in [1.82, 2.24) is 0 Å². The van der Waals surface area contributed by atoms with Gasteiger partial charge in [-0.2, -0.15) is 0 Å². The molecule has 0 unspecified atom stereocenters. The van der Waals surface area contributed by atoms with E-state index in [1.54, 1.807) is 6.07 Å². The van der Waals surface area contributed by atoms with E-state index in [0.717, 1.165) is 6.08 Å². The number of rotatable bonds is 6. The Morgan fingerprint density at radius 2 is 1.83 bits per heavy atom. The average Bonchev–Trinajstić information content (AvgIpc) is 2.38. The predicted molar refractivity (Wildman–Crippen MR) is 63.5 cm³/mol. The molecule has 0 aliphatic carbocycles. The average molecular weight is 248 g/mol. The topological polar surface area (TPSA) is 80.7 Å². The molecule has 0 radical (unpaired) electrons. The van der Waals surface area contributed by atoms with Gasteiger partial charge in [-0.05, 0) is 6.07 Å². The number of Topliss-reactive ketones (excluding diaryl/α,β-unsaturated/α-hetero) is 1. The van der Waals surface area contributed by atoms with E-state index in [1.165, 1.54) is 18.2 Å². The number of carbonyl (C=O) groups excluding carboxylic acids is 2. The number of ketones is 1. The van der Waals surface area contributed by atoms with E-state index in [0.29, 0.717) is 0 Å². The maximum absolute atomic E-state index is 11.8. The first-order valence-electron chi connectivity index (χ1n) is 5.21. The summed E-state index contributed by atoms with van der Waals surface area (Å²) in [4.78, 5) is 33.4. The highest BCUT2D eigenvalue weighted by Gasteiger charge is 2.15. The predicted octanol–water partition coefficient (Wildman–Crippen LogP) is 1.69. The lowest BCUT2D eigenvalue weighted by atomic mass is 10.0. The Hall–Kier alpha value is -2.43. The number of carboxylic acid groups (broad SMARTS) is 1. The monoisotopic (exact) mass is 248 g/mol. The molecule has 1 aromatic carbocycles. The van der Waals surface area contributed by atoms with E-state index >= 15 is 0 Å². The van der Waals surface area contributed by atoms with Gasteiger partial charge < -0.3 is 9.84 Å². The molecule has 5 heteroatoms. The molecule has 0 aliphatic heterocycles. The Morgan fingerprint density at radius 3 is 2.39 bits per heavy atom. The molecule has 1 rings (SSSR count). The number of benzene rings is 1. The third-order valence-corrected chi connectivity index (χ3v) is 2.20. The molecule has 0 saturated heterocycles. The summed E-state index contributed by atoms with van der Waals surface area (Å²) in [7, 11) is 0. The van der Waals surface area contributed by atoms with Crippen molar-refractivity contribution in [3.8, 4) is 0 Å². The van der Waals surface area contributed by atoms with Crippen LogP contribution in [0.15, 0.2) is 36.9 Å². The van der Waals surface area contributed by atoms with Crippen LogP contribution in [0.2, 0.25) is 0 Å². The number of ether oxygens (including phenoxy) is 1. The number of esters is 1. The fraction of sp³-hybridized carbons (Fsp3) is 0.154. The summed E-state index contributed by atoms with van der Waals surface area (Å²) in [6.45, 7) is 3.12. The fourth-order valence-electron chi connectivity index (χ4n) is 1.35. The molecule has 0 atom stereocenters. The summed E-state index contributed by atoms with van der Waals surface area (Å²) < 4.78 is 4.66. The van der Waals surface area contributed by atoms with Gasteiger partial charge in [-0.15, -0.1) is 0 Å². The van der Waals surface area contributed by atoms with Crippen LogP contribution >= 0.6 is 0 Å². The lowest BCUT2D eigenvalue weighted by molar-refractivity contribution is -0.137. The first-order chi connectivity index (χ1) is 8.56. The summed E-state index contributed by atoms with van der Waals surface area (Å²) in [6, 6.07) is 5.90. The Morgan fingerprint density at radius 1 is 1.22 bits per heavy atom. The van der Waals surface area contributed by atoms with E-state index < -0.39 is 11.9 Å². The minimum atomic E-state index is -1.16. The second kappa shape index (κ2) is 6.34. The normalized spacial score (nSPS) is 9.56. The molecule has 0 bridgehead atoms. The van der Waals surface area contributed by atoms with Crippen molar-refractivity contribution in [2.75, 3.05) is 6.61 Å². The lowest BCUT2D eigenvalue weighted by Gasteiger charge is -2.05. The maximum atomic E-state index is 11.8. The van der Waals surface area contributed by atoms with E-state index in [-0.39, 0.29) is 29.9 Å². The highest BCUT2D eigenvalue weighted by Crippen LogP contribution is 2.11. The van der Waals surface area contributed by atoms with Crippen LogP contribution in [-0.4, -0.2) is 29.4 Å². The molecule has 0 spiro atoms. The van der Waals surface area contributed by atoms with Gasteiger partial charge >= 0.3 is 11.9 Å². The minimum absolute atomic E-state index is 0.0578. The first kappa shape index (κ1) is 13.6. The molecule has 18 heavy (non-hydrogen) atoms. The van der Waals surface area contributed by atoms with Crippen molar-refractivity contribution < 1.29 is 24.2 Å². The minimum Gasteiger partial charge on any atom is -0.478 e. The summed E-state index contributed by atoms with van der Waals surface area (Å²) in [5.74, 6) is -2.17. The number of carbonyl (C=O) groups is 3. The second-order valence-corrected chi connectivity index (χ2v) is 3.40. The molecule has 0 amide bonds. The maximum Gasteiger partial charge on any atom is 0.336 e. The Labute approximate surface area is 104 Å². The van der Waals surface area contributed by atoms with E-state index in [9.17, 15) is 14.4 Å². The van der Waals surface area contributed by atoms with Gasteiger partial charge in [0.15, 0.2) is 5.78 Å². The molecule has 0 fully saturated rings. The van der Waals surface area contributed by atoms with E-state index in [1.807, 2.05) is 0 Å². The third kappa shape index (κ3) is 3.55. The van der Waals surface area contributed by atoms with Crippen molar-refractivity contribution >= 4 is 17.7 Å². The number of aromatic carboxylic acids is 1. The van der Waals surface area contributed by atoms with Crippen molar-refractivity contribution in [3.05, 3.63) is 48.0 Å². The second-order valence-electron chi connectivity index (χ2n) is 3.40. The van der Waals surface area contributed by atoms with Gasteiger partial charge in [0, 0.05) is 18.1 Å². The molecule has 1 aromatic rings. The molecule has 0 aromatic heterocycles. The van der Waals surface area contributed by atoms with Crippen LogP contribution in [0.5, 0.6) is 0 Å². The largest absolute Gasteiger partial charge is 0.478 e. The van der Waals surface area contributed by atoms with Gasteiger partial charge in [-0.1, -0.05) is 24.8 Å². The smallest absolute Gasteiger partial charge is 0.336 e. The zero-order valence-corrected chi connectivity index (χ0v) is 9.59. The quantitative estimate of drug-likeness (QED) is 0.470. The number of hydrogen-bond donors (Lipinski definition) is 1. The van der Waals surface area contributed by atoms with Crippen LogP contribution < -0.4 is 0 Å². The zero-order chi connectivity index (χ0) is 13.5. The number of carboxylic acids is 1. The van der Waals surface area contributed by atoms with Gasteiger partial charge in [-0.3, -0.25) is 4.79 Å². The molecule has 0 heterocycles. The lowest BCUT2D eigenvalue weighted by Crippen LogP contribution is -2.12. The molecule has 0 aliphatic rings. The van der Waals surface area contributed by atoms with Crippen LogP contribution in [0.4, 0.5) is 0 Å². The molecule has 1 N–H and O–H groups in total. The fourth-order valence-corrected chi connectivity index (χ4v) is 1.35. The van der Waals surface area contributed by atoms with Crippen molar-refractivity contribution in [2.45, 2.75) is 6.42 Å². The Balaban J connectivity index is 2.70. The van der Waals surface area contributed by atoms with Crippen LogP contribution in [0.3, 0.4) is 0 Å². The molecular formula is C13H12O5. The van der Waals surface area contributed by atoms with E-state index in [2.05, 4.69) is 11.3 Å². The van der Waals surface area contributed by atoms with Crippen molar-refractivity contribution in [2.24, 2.45) is 0 Å². The van der Waals surface area contributed by atoms with Crippen molar-refractivity contribution in [3.63, 3.8) is 0 Å². The SMILES string of the molecule is C=CC(=O)OCCC(=O)c1ccccc1C(=O)O. The Kier molecular flexibility index (Phi) is 4.80. The van der Waals surface area contributed by atoms with Crippen LogP contribution in [-0.2, 0) is 9.53 Å². The molecule has 5 nitrogen and oxygen atoms in total. The van der Waals surface area contributed by atoms with Gasteiger partial charge in [0.05, 0.1) is 12.2 Å². The van der Waals surface area contributed by atoms with Gasteiger partial charge in [-0.25, -0.2) is 9.59 Å². The van der Waals surface area contributed by atoms with Gasteiger partial charge in [0.2, 0.25) is 0 Å². The summed E-state index contributed by atoms with van der Waals surface area (Å²) in [5.41, 5.74) is 0.0530. The third-order valence-electron chi connectivity index (χ3n) is 2.20. The molecular weight excluding hydrogens is 236 g/mol. The van der Waals surface area contributed by atoms with Crippen LogP contribution in [0.25, 0.3) is 0 Å². The van der Waals surface area contributed by atoms with Gasteiger partial charge in [0.25, 0.3) is 0 Å². The zero-order valence-electron chi connectivity index (χ0n) is 9.59. The van der Waals surface area contributed by atoms with Crippen molar-refractivity contribution in [1.29, 1.82) is 0 Å². The highest BCUT2D eigenvalue weighted by molar-refractivity contribution is 6.05. The standard InChI is InChI=1S/C13H12O5/c1-2-12(15)18-8-7-11(14)9-5-3-4-6-10(9)13(16)17/h2-6H,1,7-8H2,(H,16,17). The van der Waals surface area contributed by atoms with Crippen LogP contribution in [0, 0.1) is 0 Å². The Bertz CT molecular complexity index is 490.